The van der Waals surface area contributed by atoms with Gasteiger partial charge in [-0.25, -0.2) is 0 Å². The highest BCUT2D eigenvalue weighted by atomic mass is 16.5. The molecule has 0 saturated carbocycles. The van der Waals surface area contributed by atoms with Gasteiger partial charge in [0.15, 0.2) is 0 Å². The predicted octanol–water partition coefficient (Wildman–Crippen LogP) is 4.75. The van der Waals surface area contributed by atoms with E-state index in [1.54, 1.807) is 6.26 Å². The Bertz CT molecular complexity index is 520. The molecule has 0 radical (unpaired) electrons. The van der Waals surface area contributed by atoms with Crippen LogP contribution in [0.25, 0.3) is 0 Å². The minimum Gasteiger partial charge on any atom is -0.493 e. The normalized spacial score (nSPS) is 12.4. The Kier molecular flexibility index (Phi) is 5.73. The number of rotatable bonds is 8. The molecule has 0 aliphatic rings. The second kappa shape index (κ2) is 7.77. The number of benzene rings is 1. The molecular weight excluding hydrogens is 262 g/mol. The number of nitrogens with one attached hydrogen (secondary N) is 1. The van der Waals surface area contributed by atoms with Crippen molar-refractivity contribution in [1.82, 2.24) is 0 Å². The molecule has 3 heteroatoms. The van der Waals surface area contributed by atoms with Gasteiger partial charge in [-0.2, -0.15) is 0 Å². The van der Waals surface area contributed by atoms with E-state index in [0.29, 0.717) is 12.0 Å². The van der Waals surface area contributed by atoms with Crippen LogP contribution >= 0.6 is 0 Å². The lowest BCUT2D eigenvalue weighted by molar-refractivity contribution is 0.271. The van der Waals surface area contributed by atoms with Crippen LogP contribution in [0, 0.1) is 5.92 Å². The first-order chi connectivity index (χ1) is 10.1. The zero-order valence-electron chi connectivity index (χ0n) is 13.1. The Morgan fingerprint density at radius 1 is 1.14 bits per heavy atom. The Morgan fingerprint density at radius 2 is 2.00 bits per heavy atom. The first-order valence-electron chi connectivity index (χ1n) is 7.65. The molecule has 0 aliphatic heterocycles. The summed E-state index contributed by atoms with van der Waals surface area (Å²) in [6.07, 6.45) is 3.71. The number of ether oxygens (including phenoxy) is 1. The summed E-state index contributed by atoms with van der Waals surface area (Å²) in [6, 6.07) is 12.5. The fourth-order valence-electron chi connectivity index (χ4n) is 2.11. The number of hydrogen-bond acceptors (Lipinski definition) is 3. The fraction of sp³-hybridized carbons (Fsp3) is 0.444. The average Bonchev–Trinajstić information content (AvgIpc) is 2.97. The van der Waals surface area contributed by atoms with Crippen LogP contribution in [0.1, 0.15) is 33.0 Å². The third-order valence-corrected chi connectivity index (χ3v) is 3.23. The van der Waals surface area contributed by atoms with Gasteiger partial charge in [0, 0.05) is 24.2 Å². The minimum atomic E-state index is 0.385. The van der Waals surface area contributed by atoms with Gasteiger partial charge in [0.1, 0.15) is 11.5 Å². The maximum absolute atomic E-state index is 5.75. The molecular formula is C18H25NO2. The second-order valence-electron chi connectivity index (χ2n) is 5.90. The number of aryl methyl sites for hydroxylation is 1. The monoisotopic (exact) mass is 287 g/mol. The number of hydrogen-bond donors (Lipinski definition) is 1. The first kappa shape index (κ1) is 15.5. The van der Waals surface area contributed by atoms with E-state index in [1.165, 1.54) is 0 Å². The SMILES string of the molecule is CC(C)COc1cccc(NC(C)CCc2ccco2)c1. The van der Waals surface area contributed by atoms with Crippen LogP contribution in [0.3, 0.4) is 0 Å². The molecule has 0 amide bonds. The smallest absolute Gasteiger partial charge is 0.121 e. The summed E-state index contributed by atoms with van der Waals surface area (Å²) >= 11 is 0. The summed E-state index contributed by atoms with van der Waals surface area (Å²) in [5.74, 6) is 2.50. The molecule has 0 saturated heterocycles. The zero-order valence-corrected chi connectivity index (χ0v) is 13.1. The third-order valence-electron chi connectivity index (χ3n) is 3.23. The van der Waals surface area contributed by atoms with E-state index in [-0.39, 0.29) is 0 Å². The molecule has 0 aliphatic carbocycles. The van der Waals surface area contributed by atoms with E-state index < -0.39 is 0 Å². The van der Waals surface area contributed by atoms with Crippen molar-refractivity contribution in [2.24, 2.45) is 5.92 Å². The Morgan fingerprint density at radius 3 is 2.71 bits per heavy atom. The molecule has 2 rings (SSSR count). The largest absolute Gasteiger partial charge is 0.493 e. The van der Waals surface area contributed by atoms with E-state index in [0.717, 1.165) is 36.6 Å². The molecule has 0 bridgehead atoms. The second-order valence-corrected chi connectivity index (χ2v) is 5.90. The molecule has 1 aromatic heterocycles. The lowest BCUT2D eigenvalue weighted by Gasteiger charge is -2.16. The van der Waals surface area contributed by atoms with Crippen molar-refractivity contribution >= 4 is 5.69 Å². The van der Waals surface area contributed by atoms with Crippen molar-refractivity contribution in [2.45, 2.75) is 39.7 Å². The van der Waals surface area contributed by atoms with Crippen molar-refractivity contribution in [2.75, 3.05) is 11.9 Å². The van der Waals surface area contributed by atoms with Gasteiger partial charge in [-0.15, -0.1) is 0 Å². The first-order valence-corrected chi connectivity index (χ1v) is 7.65. The minimum absolute atomic E-state index is 0.385. The summed E-state index contributed by atoms with van der Waals surface area (Å²) in [6.45, 7) is 7.24. The summed E-state index contributed by atoms with van der Waals surface area (Å²) in [5.41, 5.74) is 1.10. The van der Waals surface area contributed by atoms with Crippen LogP contribution in [0.15, 0.2) is 47.1 Å². The van der Waals surface area contributed by atoms with Crippen LogP contribution in [0.4, 0.5) is 5.69 Å². The van der Waals surface area contributed by atoms with Gasteiger partial charge >= 0.3 is 0 Å². The van der Waals surface area contributed by atoms with E-state index in [1.807, 2.05) is 24.3 Å². The summed E-state index contributed by atoms with van der Waals surface area (Å²) in [7, 11) is 0. The van der Waals surface area contributed by atoms with Crippen LogP contribution in [-0.4, -0.2) is 12.6 Å². The maximum Gasteiger partial charge on any atom is 0.121 e. The molecule has 1 heterocycles. The Labute approximate surface area is 127 Å². The molecule has 1 aromatic carbocycles. The molecule has 0 spiro atoms. The Hall–Kier alpha value is -1.90. The van der Waals surface area contributed by atoms with Crippen LogP contribution in [-0.2, 0) is 6.42 Å². The number of furan rings is 1. The molecule has 1 N–H and O–H groups in total. The number of anilines is 1. The molecule has 2 aromatic rings. The highest BCUT2D eigenvalue weighted by Crippen LogP contribution is 2.19. The predicted molar refractivity (Wildman–Crippen MR) is 86.9 cm³/mol. The van der Waals surface area contributed by atoms with Gasteiger partial charge in [0.05, 0.1) is 12.9 Å². The lowest BCUT2D eigenvalue weighted by atomic mass is 10.1. The molecule has 1 unspecified atom stereocenters. The summed E-state index contributed by atoms with van der Waals surface area (Å²) in [4.78, 5) is 0. The van der Waals surface area contributed by atoms with E-state index >= 15 is 0 Å². The van der Waals surface area contributed by atoms with Crippen molar-refractivity contribution < 1.29 is 9.15 Å². The zero-order chi connectivity index (χ0) is 15.1. The molecule has 1 atom stereocenters. The molecule has 114 valence electrons. The highest BCUT2D eigenvalue weighted by molar-refractivity contribution is 5.48. The van der Waals surface area contributed by atoms with Gasteiger partial charge in [0.2, 0.25) is 0 Å². The van der Waals surface area contributed by atoms with Crippen molar-refractivity contribution in [3.05, 3.63) is 48.4 Å². The van der Waals surface area contributed by atoms with E-state index in [9.17, 15) is 0 Å². The molecule has 3 nitrogen and oxygen atoms in total. The van der Waals surface area contributed by atoms with Crippen molar-refractivity contribution in [3.63, 3.8) is 0 Å². The molecule has 0 fully saturated rings. The summed E-state index contributed by atoms with van der Waals surface area (Å²) < 4.78 is 11.1. The van der Waals surface area contributed by atoms with E-state index in [2.05, 4.69) is 38.2 Å². The lowest BCUT2D eigenvalue weighted by Crippen LogP contribution is -2.16. The summed E-state index contributed by atoms with van der Waals surface area (Å²) in [5, 5.41) is 3.51. The van der Waals surface area contributed by atoms with Gasteiger partial charge in [-0.3, -0.25) is 0 Å². The van der Waals surface area contributed by atoms with Gasteiger partial charge in [-0.1, -0.05) is 19.9 Å². The molecule has 21 heavy (non-hydrogen) atoms. The highest BCUT2D eigenvalue weighted by Gasteiger charge is 2.05. The van der Waals surface area contributed by atoms with Gasteiger partial charge < -0.3 is 14.5 Å². The van der Waals surface area contributed by atoms with Crippen LogP contribution in [0.5, 0.6) is 5.75 Å². The topological polar surface area (TPSA) is 34.4 Å². The van der Waals surface area contributed by atoms with Crippen LogP contribution < -0.4 is 10.1 Å². The standard InChI is InChI=1S/C18H25NO2/c1-14(2)13-21-18-7-4-6-16(12-18)19-15(3)9-10-17-8-5-11-20-17/h4-8,11-12,14-15,19H,9-10,13H2,1-3H3. The Balaban J connectivity index is 1.82. The fourth-order valence-corrected chi connectivity index (χ4v) is 2.11. The third kappa shape index (κ3) is 5.54. The van der Waals surface area contributed by atoms with Crippen LogP contribution in [0.2, 0.25) is 0 Å². The van der Waals surface area contributed by atoms with E-state index in [4.69, 9.17) is 9.15 Å². The van der Waals surface area contributed by atoms with Gasteiger partial charge in [0.25, 0.3) is 0 Å². The average molecular weight is 287 g/mol. The van der Waals surface area contributed by atoms with Crippen molar-refractivity contribution in [3.8, 4) is 5.75 Å². The quantitative estimate of drug-likeness (QED) is 0.761. The van der Waals surface area contributed by atoms with Gasteiger partial charge in [-0.05, 0) is 43.5 Å². The maximum atomic E-state index is 5.75. The van der Waals surface area contributed by atoms with Crippen molar-refractivity contribution in [1.29, 1.82) is 0 Å².